The van der Waals surface area contributed by atoms with Crippen LogP contribution in [0.15, 0.2) is 35.7 Å². The molecule has 0 aliphatic heterocycles. The van der Waals surface area contributed by atoms with E-state index in [4.69, 9.17) is 0 Å². The summed E-state index contributed by atoms with van der Waals surface area (Å²) in [7, 11) is 0. The first-order chi connectivity index (χ1) is 13.5. The first-order valence-corrected chi connectivity index (χ1v) is 10.5. The summed E-state index contributed by atoms with van der Waals surface area (Å²) in [5.41, 5.74) is 6.53. The maximum Gasteiger partial charge on any atom is 0.192 e. The van der Waals surface area contributed by atoms with Gasteiger partial charge in [0.1, 0.15) is 0 Å². The number of aromatic nitrogens is 4. The number of thioether (sulfide) groups is 1. The minimum atomic E-state index is 0.143. The van der Waals surface area contributed by atoms with Crippen molar-refractivity contribution in [2.24, 2.45) is 0 Å². The minimum Gasteiger partial charge on any atom is -0.299 e. The van der Waals surface area contributed by atoms with E-state index in [1.165, 1.54) is 22.9 Å². The van der Waals surface area contributed by atoms with Gasteiger partial charge in [-0.2, -0.15) is 0 Å². The summed E-state index contributed by atoms with van der Waals surface area (Å²) < 4.78 is 2.19. The molecule has 6 heteroatoms. The molecule has 144 valence electrons. The second-order valence-corrected chi connectivity index (χ2v) is 8.41. The van der Waals surface area contributed by atoms with Gasteiger partial charge in [-0.15, -0.1) is 10.2 Å². The molecule has 1 aliphatic rings. The van der Waals surface area contributed by atoms with Crippen LogP contribution in [-0.4, -0.2) is 31.3 Å². The van der Waals surface area contributed by atoms with Crippen molar-refractivity contribution < 1.29 is 4.79 Å². The van der Waals surface area contributed by atoms with Gasteiger partial charge < -0.3 is 0 Å². The monoisotopic (exact) mass is 392 g/mol. The number of nitrogens with zero attached hydrogens (tertiary/aromatic N) is 4. The van der Waals surface area contributed by atoms with Crippen LogP contribution < -0.4 is 0 Å². The van der Waals surface area contributed by atoms with E-state index in [0.29, 0.717) is 11.8 Å². The van der Waals surface area contributed by atoms with Gasteiger partial charge in [0.15, 0.2) is 16.8 Å². The third-order valence-corrected chi connectivity index (χ3v) is 6.57. The Morgan fingerprint density at radius 3 is 2.46 bits per heavy atom. The first-order valence-electron chi connectivity index (χ1n) is 9.56. The average Bonchev–Trinajstić information content (AvgIpc) is 3.46. The average molecular weight is 393 g/mol. The molecule has 0 amide bonds. The fourth-order valence-corrected chi connectivity index (χ4v) is 4.33. The summed E-state index contributed by atoms with van der Waals surface area (Å²) in [6.45, 7) is 8.30. The highest BCUT2D eigenvalue weighted by molar-refractivity contribution is 7.99. The number of rotatable bonds is 6. The minimum absolute atomic E-state index is 0.143. The normalized spacial score (nSPS) is 13.7. The molecule has 0 saturated heterocycles. The van der Waals surface area contributed by atoms with Crippen LogP contribution in [0.4, 0.5) is 0 Å². The van der Waals surface area contributed by atoms with Crippen LogP contribution in [0, 0.1) is 27.7 Å². The zero-order chi connectivity index (χ0) is 19.8. The van der Waals surface area contributed by atoms with Gasteiger partial charge in [-0.1, -0.05) is 11.8 Å². The number of Topliss-reactive ketones (excluding diaryl/α,β-unsaturated/α-hetero) is 1. The molecule has 1 aromatic carbocycles. The maximum absolute atomic E-state index is 12.9. The summed E-state index contributed by atoms with van der Waals surface area (Å²) in [5.74, 6) is 1.37. The van der Waals surface area contributed by atoms with Crippen LogP contribution >= 0.6 is 11.8 Å². The Balaban J connectivity index is 1.58. The van der Waals surface area contributed by atoms with E-state index in [0.717, 1.165) is 46.1 Å². The summed E-state index contributed by atoms with van der Waals surface area (Å²) in [5, 5.41) is 9.62. The highest BCUT2D eigenvalue weighted by Gasteiger charge is 2.30. The van der Waals surface area contributed by atoms with E-state index in [9.17, 15) is 4.79 Å². The van der Waals surface area contributed by atoms with Gasteiger partial charge in [0, 0.05) is 29.6 Å². The Hall–Kier alpha value is -2.47. The first kappa shape index (κ1) is 18.9. The van der Waals surface area contributed by atoms with Gasteiger partial charge in [-0.3, -0.25) is 14.3 Å². The SMILES string of the molecule is Cc1cc(C(=O)CSc2nnc(-c3ccncc3)n2C2CC2)c(C)c(C)c1C. The van der Waals surface area contributed by atoms with Crippen molar-refractivity contribution >= 4 is 17.5 Å². The number of hydrogen-bond donors (Lipinski definition) is 0. The molecule has 0 unspecified atom stereocenters. The van der Waals surface area contributed by atoms with Crippen LogP contribution in [0.25, 0.3) is 11.4 Å². The number of aryl methyl sites for hydroxylation is 1. The maximum atomic E-state index is 12.9. The summed E-state index contributed by atoms with van der Waals surface area (Å²) in [6, 6.07) is 6.35. The Bertz CT molecular complexity index is 1040. The predicted octanol–water partition coefficient (Wildman–Crippen LogP) is 4.88. The third kappa shape index (κ3) is 3.49. The molecule has 0 spiro atoms. The molecule has 0 N–H and O–H groups in total. The van der Waals surface area contributed by atoms with Gasteiger partial charge in [-0.25, -0.2) is 0 Å². The van der Waals surface area contributed by atoms with Crippen LogP contribution in [0.3, 0.4) is 0 Å². The number of carbonyl (C=O) groups excluding carboxylic acids is 1. The Morgan fingerprint density at radius 1 is 1.07 bits per heavy atom. The lowest BCUT2D eigenvalue weighted by atomic mass is 9.93. The zero-order valence-electron chi connectivity index (χ0n) is 16.7. The molecular formula is C22H24N4OS. The van der Waals surface area contributed by atoms with Crippen molar-refractivity contribution in [3.8, 4) is 11.4 Å². The molecule has 0 bridgehead atoms. The Kier molecular flexibility index (Phi) is 5.06. The second kappa shape index (κ2) is 7.51. The molecule has 0 atom stereocenters. The standard InChI is InChI=1S/C22H24N4OS/c1-13-11-19(16(4)15(3)14(13)2)20(27)12-28-22-25-24-21(26(22)18-5-6-18)17-7-9-23-10-8-17/h7-11,18H,5-6,12H2,1-4H3. The fourth-order valence-electron chi connectivity index (χ4n) is 3.44. The molecule has 5 nitrogen and oxygen atoms in total. The Labute approximate surface area is 169 Å². The van der Waals surface area contributed by atoms with E-state index in [1.807, 2.05) is 25.1 Å². The number of benzene rings is 1. The lowest BCUT2D eigenvalue weighted by Crippen LogP contribution is -2.09. The van der Waals surface area contributed by atoms with Crippen molar-refractivity contribution in [1.82, 2.24) is 19.7 Å². The highest BCUT2D eigenvalue weighted by atomic mass is 32.2. The third-order valence-electron chi connectivity index (χ3n) is 5.63. The van der Waals surface area contributed by atoms with Crippen LogP contribution in [-0.2, 0) is 0 Å². The van der Waals surface area contributed by atoms with Gasteiger partial charge in [0.2, 0.25) is 0 Å². The molecule has 28 heavy (non-hydrogen) atoms. The van der Waals surface area contributed by atoms with Crippen LogP contribution in [0.1, 0.15) is 51.5 Å². The van der Waals surface area contributed by atoms with E-state index < -0.39 is 0 Å². The van der Waals surface area contributed by atoms with Crippen molar-refractivity contribution in [2.75, 3.05) is 5.75 Å². The summed E-state index contributed by atoms with van der Waals surface area (Å²) >= 11 is 1.48. The van der Waals surface area contributed by atoms with Crippen molar-refractivity contribution in [1.29, 1.82) is 0 Å². The number of ketones is 1. The smallest absolute Gasteiger partial charge is 0.192 e. The van der Waals surface area contributed by atoms with E-state index in [1.54, 1.807) is 12.4 Å². The topological polar surface area (TPSA) is 60.7 Å². The number of pyridine rings is 1. The predicted molar refractivity (Wildman–Crippen MR) is 112 cm³/mol. The van der Waals surface area contributed by atoms with Gasteiger partial charge in [0.05, 0.1) is 5.75 Å². The molecule has 1 fully saturated rings. The number of carbonyl (C=O) groups is 1. The van der Waals surface area contributed by atoms with Crippen LogP contribution in [0.5, 0.6) is 0 Å². The lowest BCUT2D eigenvalue weighted by molar-refractivity contribution is 0.102. The Morgan fingerprint density at radius 2 is 1.79 bits per heavy atom. The molecular weight excluding hydrogens is 368 g/mol. The summed E-state index contributed by atoms with van der Waals surface area (Å²) in [6.07, 6.45) is 5.80. The molecule has 2 aromatic heterocycles. The second-order valence-electron chi connectivity index (χ2n) is 7.47. The van der Waals surface area contributed by atoms with E-state index >= 15 is 0 Å². The van der Waals surface area contributed by atoms with Crippen molar-refractivity contribution in [2.45, 2.75) is 51.7 Å². The number of hydrogen-bond acceptors (Lipinski definition) is 5. The fraction of sp³-hybridized carbons (Fsp3) is 0.364. The van der Waals surface area contributed by atoms with Crippen molar-refractivity contribution in [3.05, 3.63) is 58.4 Å². The van der Waals surface area contributed by atoms with Gasteiger partial charge >= 0.3 is 0 Å². The highest BCUT2D eigenvalue weighted by Crippen LogP contribution is 2.41. The largest absolute Gasteiger partial charge is 0.299 e. The molecule has 0 radical (unpaired) electrons. The zero-order valence-corrected chi connectivity index (χ0v) is 17.5. The van der Waals surface area contributed by atoms with Crippen LogP contribution in [0.2, 0.25) is 0 Å². The summed E-state index contributed by atoms with van der Waals surface area (Å²) in [4.78, 5) is 17.0. The quantitative estimate of drug-likeness (QED) is 0.442. The van der Waals surface area contributed by atoms with E-state index in [-0.39, 0.29) is 5.78 Å². The van der Waals surface area contributed by atoms with Gasteiger partial charge in [-0.05, 0) is 81.0 Å². The molecule has 3 aromatic rings. The molecule has 1 saturated carbocycles. The molecule has 4 rings (SSSR count). The van der Waals surface area contributed by atoms with Gasteiger partial charge in [0.25, 0.3) is 0 Å². The van der Waals surface area contributed by atoms with Crippen molar-refractivity contribution in [3.63, 3.8) is 0 Å². The molecule has 2 heterocycles. The van der Waals surface area contributed by atoms with E-state index in [2.05, 4.69) is 40.5 Å². The lowest BCUT2D eigenvalue weighted by Gasteiger charge is -2.13. The molecule has 1 aliphatic carbocycles.